The Kier molecular flexibility index (Phi) is 8.93. The zero-order chi connectivity index (χ0) is 25.5. The minimum absolute atomic E-state index is 0.00304. The predicted octanol–water partition coefficient (Wildman–Crippen LogP) is 6.72. The Labute approximate surface area is 227 Å². The van der Waals surface area contributed by atoms with Gasteiger partial charge in [-0.2, -0.15) is 0 Å². The first-order valence-electron chi connectivity index (χ1n) is 12.4. The number of alkyl halides is 1. The van der Waals surface area contributed by atoms with E-state index in [1.165, 1.54) is 5.56 Å². The second-order valence-electron chi connectivity index (χ2n) is 9.20. The van der Waals surface area contributed by atoms with Crippen LogP contribution in [0.15, 0.2) is 97.2 Å². The van der Waals surface area contributed by atoms with E-state index in [9.17, 15) is 4.79 Å². The number of benzene rings is 3. The molecule has 4 aromatic rings. The number of aromatic nitrogens is 2. The maximum atomic E-state index is 13.8. The summed E-state index contributed by atoms with van der Waals surface area (Å²) in [6.07, 6.45) is 2.85. The van der Waals surface area contributed by atoms with Crippen molar-refractivity contribution in [2.24, 2.45) is 11.7 Å². The van der Waals surface area contributed by atoms with Gasteiger partial charge >= 0.3 is 0 Å². The zero-order valence-corrected chi connectivity index (χ0v) is 23.0. The summed E-state index contributed by atoms with van der Waals surface area (Å²) >= 11 is 2.47. The Morgan fingerprint density at radius 1 is 0.944 bits per heavy atom. The molecule has 0 radical (unpaired) electrons. The molecule has 4 rings (SSSR count). The van der Waals surface area contributed by atoms with Crippen molar-refractivity contribution in [3.8, 4) is 11.3 Å². The largest absolute Gasteiger partial charge is 0.330 e. The molecule has 1 heterocycles. The number of hydrogen-bond acceptors (Lipinski definition) is 3. The molecule has 1 unspecified atom stereocenters. The van der Waals surface area contributed by atoms with E-state index in [-0.39, 0.29) is 21.9 Å². The van der Waals surface area contributed by atoms with Crippen LogP contribution in [0.3, 0.4) is 0 Å². The molecule has 6 heteroatoms. The molecule has 0 bridgehead atoms. The average molecular weight is 593 g/mol. The van der Waals surface area contributed by atoms with Crippen molar-refractivity contribution in [1.82, 2.24) is 14.5 Å². The van der Waals surface area contributed by atoms with Gasteiger partial charge in [0.05, 0.1) is 11.7 Å². The van der Waals surface area contributed by atoms with Crippen LogP contribution in [0.1, 0.15) is 52.1 Å². The van der Waals surface area contributed by atoms with Gasteiger partial charge in [0.1, 0.15) is 9.87 Å². The maximum Gasteiger partial charge on any atom is 0.254 e. The summed E-state index contributed by atoms with van der Waals surface area (Å²) in [4.78, 5) is 21.0. The van der Waals surface area contributed by atoms with Crippen molar-refractivity contribution in [2.75, 3.05) is 13.1 Å². The Morgan fingerprint density at radius 2 is 1.53 bits per heavy atom. The van der Waals surface area contributed by atoms with E-state index < -0.39 is 0 Å². The quantitative estimate of drug-likeness (QED) is 0.164. The Hall–Kier alpha value is -2.97. The van der Waals surface area contributed by atoms with E-state index in [1.54, 1.807) is 0 Å². The Morgan fingerprint density at radius 3 is 2.11 bits per heavy atom. The van der Waals surface area contributed by atoms with Gasteiger partial charge in [0.15, 0.2) is 0 Å². The third kappa shape index (κ3) is 5.87. The third-order valence-electron chi connectivity index (χ3n) is 6.27. The first-order valence-corrected chi connectivity index (χ1v) is 13.6. The van der Waals surface area contributed by atoms with Gasteiger partial charge in [-0.05, 0) is 36.6 Å². The van der Waals surface area contributed by atoms with Crippen LogP contribution < -0.4 is 5.73 Å². The minimum atomic E-state index is -0.220. The molecule has 1 amide bonds. The molecule has 2 N–H and O–H groups in total. The average Bonchev–Trinajstić information content (AvgIpc) is 3.36. The lowest BCUT2D eigenvalue weighted by Crippen LogP contribution is -2.40. The third-order valence-corrected chi connectivity index (χ3v) is 7.59. The van der Waals surface area contributed by atoms with E-state index in [2.05, 4.69) is 83.6 Å². The van der Waals surface area contributed by atoms with Gasteiger partial charge in [-0.25, -0.2) is 4.98 Å². The fraction of sp³-hybridized carbons (Fsp3) is 0.267. The second-order valence-corrected chi connectivity index (χ2v) is 10.4. The standard InChI is InChI=1S/C30H33IN4O/c1-22(2)27(34(20-12-19-32)30(36)25-17-10-5-11-18-25)29-33-26(23-13-6-3-7-14-23)21-35(29)28(31)24-15-8-4-9-16-24/h3-11,13-18,21-22,27-28H,12,19-20,32H2,1-2H3/t27-,28?/m1/s1. The fourth-order valence-corrected chi connectivity index (χ4v) is 5.36. The van der Waals surface area contributed by atoms with Gasteiger partial charge in [-0.3, -0.25) is 4.79 Å². The molecular formula is C30H33IN4O. The first kappa shape index (κ1) is 26.1. The van der Waals surface area contributed by atoms with Crippen molar-refractivity contribution in [3.05, 3.63) is 114 Å². The molecule has 186 valence electrons. The van der Waals surface area contributed by atoms with Gasteiger partial charge in [0, 0.05) is 23.9 Å². The van der Waals surface area contributed by atoms with Crippen molar-refractivity contribution in [1.29, 1.82) is 0 Å². The van der Waals surface area contributed by atoms with Gasteiger partial charge in [-0.15, -0.1) is 0 Å². The number of carbonyl (C=O) groups is 1. The number of halogens is 1. The van der Waals surface area contributed by atoms with E-state index in [0.29, 0.717) is 18.7 Å². The van der Waals surface area contributed by atoms with Gasteiger partial charge in [0.25, 0.3) is 5.91 Å². The summed E-state index contributed by atoms with van der Waals surface area (Å²) in [6.45, 7) is 5.40. The van der Waals surface area contributed by atoms with Crippen LogP contribution in [0, 0.1) is 5.92 Å². The lowest BCUT2D eigenvalue weighted by atomic mass is 9.99. The summed E-state index contributed by atoms with van der Waals surface area (Å²) in [6, 6.07) is 29.9. The number of imidazole rings is 1. The number of nitrogens with zero attached hydrogens (tertiary/aromatic N) is 3. The summed E-state index contributed by atoms with van der Waals surface area (Å²) in [5.41, 5.74) is 9.72. The number of amides is 1. The predicted molar refractivity (Wildman–Crippen MR) is 155 cm³/mol. The second kappa shape index (κ2) is 12.3. The highest BCUT2D eigenvalue weighted by atomic mass is 127. The van der Waals surface area contributed by atoms with Crippen LogP contribution in [-0.4, -0.2) is 33.4 Å². The molecule has 0 fully saturated rings. The van der Waals surface area contributed by atoms with E-state index >= 15 is 0 Å². The fourth-order valence-electron chi connectivity index (χ4n) is 4.50. The molecule has 36 heavy (non-hydrogen) atoms. The Balaban J connectivity index is 1.86. The maximum absolute atomic E-state index is 13.8. The van der Waals surface area contributed by atoms with Crippen LogP contribution in [0.4, 0.5) is 0 Å². The highest BCUT2D eigenvalue weighted by Gasteiger charge is 2.33. The molecule has 0 aliphatic heterocycles. The zero-order valence-electron chi connectivity index (χ0n) is 20.8. The number of hydrogen-bond donors (Lipinski definition) is 1. The van der Waals surface area contributed by atoms with Gasteiger partial charge in [-0.1, -0.05) is 115 Å². The SMILES string of the molecule is CC(C)[C@H](c1nc(-c2ccccc2)cn1C(I)c1ccccc1)N(CCCN)C(=O)c1ccccc1. The van der Waals surface area contributed by atoms with Crippen molar-refractivity contribution in [2.45, 2.75) is 30.4 Å². The molecule has 0 saturated heterocycles. The van der Waals surface area contributed by atoms with Crippen LogP contribution in [-0.2, 0) is 0 Å². The van der Waals surface area contributed by atoms with Crippen molar-refractivity contribution >= 4 is 28.5 Å². The highest BCUT2D eigenvalue weighted by Crippen LogP contribution is 2.37. The molecule has 0 spiro atoms. The molecule has 2 atom stereocenters. The summed E-state index contributed by atoms with van der Waals surface area (Å²) in [5.74, 6) is 1.02. The van der Waals surface area contributed by atoms with E-state index in [4.69, 9.17) is 10.7 Å². The molecule has 5 nitrogen and oxygen atoms in total. The smallest absolute Gasteiger partial charge is 0.254 e. The normalized spacial score (nSPS) is 12.9. The highest BCUT2D eigenvalue weighted by molar-refractivity contribution is 14.1. The molecular weight excluding hydrogens is 559 g/mol. The van der Waals surface area contributed by atoms with E-state index in [0.717, 1.165) is 23.5 Å². The van der Waals surface area contributed by atoms with Gasteiger partial charge < -0.3 is 15.2 Å². The summed E-state index contributed by atoms with van der Waals surface area (Å²) < 4.78 is 2.25. The Bertz CT molecular complexity index is 1240. The van der Waals surface area contributed by atoms with Crippen molar-refractivity contribution in [3.63, 3.8) is 0 Å². The van der Waals surface area contributed by atoms with Crippen molar-refractivity contribution < 1.29 is 4.79 Å². The van der Waals surface area contributed by atoms with Crippen LogP contribution in [0.2, 0.25) is 0 Å². The number of nitrogens with two attached hydrogens (primary N) is 1. The topological polar surface area (TPSA) is 64.2 Å². The monoisotopic (exact) mass is 592 g/mol. The summed E-state index contributed by atoms with van der Waals surface area (Å²) in [5, 5.41) is 0. The molecule has 0 aliphatic rings. The minimum Gasteiger partial charge on any atom is -0.330 e. The van der Waals surface area contributed by atoms with E-state index in [1.807, 2.05) is 59.5 Å². The number of carbonyl (C=O) groups excluding carboxylic acids is 1. The summed E-state index contributed by atoms with van der Waals surface area (Å²) in [7, 11) is 0. The first-order chi connectivity index (χ1) is 17.5. The molecule has 3 aromatic carbocycles. The molecule has 0 aliphatic carbocycles. The lowest BCUT2D eigenvalue weighted by Gasteiger charge is -2.35. The molecule has 1 aromatic heterocycles. The van der Waals surface area contributed by atoms with Crippen LogP contribution >= 0.6 is 22.6 Å². The van der Waals surface area contributed by atoms with Crippen LogP contribution in [0.5, 0.6) is 0 Å². The lowest BCUT2D eigenvalue weighted by molar-refractivity contribution is 0.0604. The number of rotatable bonds is 10. The molecule has 0 saturated carbocycles. The van der Waals surface area contributed by atoms with Gasteiger partial charge in [0.2, 0.25) is 0 Å². The van der Waals surface area contributed by atoms with Crippen LogP contribution in [0.25, 0.3) is 11.3 Å².